The van der Waals surface area contributed by atoms with E-state index >= 15 is 0 Å². The highest BCUT2D eigenvalue weighted by Gasteiger charge is 2.34. The van der Waals surface area contributed by atoms with Gasteiger partial charge in [-0.2, -0.15) is 0 Å². The third kappa shape index (κ3) is 3.70. The molecule has 0 radical (unpaired) electrons. The van der Waals surface area contributed by atoms with Gasteiger partial charge in [-0.15, -0.1) is 0 Å². The number of aliphatic carboxylic acids is 1. The zero-order chi connectivity index (χ0) is 14.2. The molecule has 0 saturated heterocycles. The molecule has 0 spiro atoms. The van der Waals surface area contributed by atoms with E-state index < -0.39 is 15.8 Å². The summed E-state index contributed by atoms with van der Waals surface area (Å²) in [6.45, 7) is 0. The number of rotatable bonds is 5. The molecule has 6 heteroatoms. The second-order valence-electron chi connectivity index (χ2n) is 5.03. The lowest BCUT2D eigenvalue weighted by Crippen LogP contribution is -2.09. The van der Waals surface area contributed by atoms with E-state index in [1.165, 1.54) is 6.07 Å². The van der Waals surface area contributed by atoms with E-state index in [1.54, 1.807) is 12.1 Å². The maximum Gasteiger partial charge on any atom is 0.303 e. The second-order valence-corrected chi connectivity index (χ2v) is 7.49. The summed E-state index contributed by atoms with van der Waals surface area (Å²) < 4.78 is 23.2. The van der Waals surface area contributed by atoms with E-state index in [-0.39, 0.29) is 17.2 Å². The topological polar surface area (TPSA) is 71.4 Å². The van der Waals surface area contributed by atoms with Gasteiger partial charge in [0.1, 0.15) is 0 Å². The van der Waals surface area contributed by atoms with Gasteiger partial charge in [-0.25, -0.2) is 8.42 Å². The van der Waals surface area contributed by atoms with Crippen molar-refractivity contribution in [1.29, 1.82) is 0 Å². The third-order valence-electron chi connectivity index (χ3n) is 3.34. The average molecular weight is 303 g/mol. The van der Waals surface area contributed by atoms with Crippen LogP contribution < -0.4 is 0 Å². The van der Waals surface area contributed by atoms with Gasteiger partial charge in [0.25, 0.3) is 0 Å². The van der Waals surface area contributed by atoms with Gasteiger partial charge < -0.3 is 5.11 Å². The van der Waals surface area contributed by atoms with E-state index in [9.17, 15) is 13.2 Å². The molecule has 1 aromatic rings. The Labute approximate surface area is 117 Å². The van der Waals surface area contributed by atoms with Crippen LogP contribution >= 0.6 is 11.6 Å². The molecule has 104 valence electrons. The summed E-state index contributed by atoms with van der Waals surface area (Å²) in [6.07, 6.45) is 3.09. The van der Waals surface area contributed by atoms with Crippen LogP contribution in [0, 0.1) is 5.92 Å². The number of hydrogen-bond donors (Lipinski definition) is 1. The van der Waals surface area contributed by atoms with Crippen molar-refractivity contribution >= 4 is 27.4 Å². The maximum absolute atomic E-state index is 11.6. The molecular formula is C13H15ClO4S. The van der Waals surface area contributed by atoms with Gasteiger partial charge >= 0.3 is 5.97 Å². The first-order chi connectivity index (χ1) is 8.77. The first-order valence-electron chi connectivity index (χ1n) is 5.99. The van der Waals surface area contributed by atoms with E-state index in [4.69, 9.17) is 16.7 Å². The fourth-order valence-electron chi connectivity index (χ4n) is 2.26. The van der Waals surface area contributed by atoms with Gasteiger partial charge in [0.05, 0.1) is 11.3 Å². The van der Waals surface area contributed by atoms with E-state index in [0.29, 0.717) is 16.5 Å². The lowest BCUT2D eigenvalue weighted by atomic mass is 9.91. The zero-order valence-corrected chi connectivity index (χ0v) is 12.0. The van der Waals surface area contributed by atoms with Crippen molar-refractivity contribution in [3.63, 3.8) is 0 Å². The third-order valence-corrected chi connectivity index (χ3v) is 4.65. The second kappa shape index (κ2) is 5.13. The monoisotopic (exact) mass is 302 g/mol. The van der Waals surface area contributed by atoms with Crippen LogP contribution in [0.5, 0.6) is 0 Å². The van der Waals surface area contributed by atoms with Crippen molar-refractivity contribution in [2.75, 3.05) is 6.26 Å². The SMILES string of the molecule is CS(=O)(=O)c1cc(Cl)cc(C(CC(=O)O)C2CC2)c1. The Bertz CT molecular complexity index is 605. The minimum atomic E-state index is -3.35. The molecule has 2 rings (SSSR count). The van der Waals surface area contributed by atoms with Crippen LogP contribution in [0.15, 0.2) is 23.1 Å². The van der Waals surface area contributed by atoms with Gasteiger partial charge in [-0.3, -0.25) is 4.79 Å². The zero-order valence-electron chi connectivity index (χ0n) is 10.5. The molecule has 1 atom stereocenters. The van der Waals surface area contributed by atoms with Crippen LogP contribution in [0.2, 0.25) is 5.02 Å². The molecule has 1 N–H and O–H groups in total. The van der Waals surface area contributed by atoms with E-state index in [2.05, 4.69) is 0 Å². The fourth-order valence-corrected chi connectivity index (χ4v) is 3.26. The smallest absolute Gasteiger partial charge is 0.303 e. The van der Waals surface area contributed by atoms with Crippen LogP contribution in [0.4, 0.5) is 0 Å². The quantitative estimate of drug-likeness (QED) is 0.908. The summed E-state index contributed by atoms with van der Waals surface area (Å²) in [7, 11) is -3.35. The van der Waals surface area contributed by atoms with Crippen molar-refractivity contribution in [1.82, 2.24) is 0 Å². The number of sulfone groups is 1. The van der Waals surface area contributed by atoms with Gasteiger partial charge in [-0.05, 0) is 48.4 Å². The van der Waals surface area contributed by atoms with Crippen molar-refractivity contribution in [2.24, 2.45) is 5.92 Å². The Morgan fingerprint density at radius 3 is 2.53 bits per heavy atom. The van der Waals surface area contributed by atoms with Gasteiger partial charge in [0.2, 0.25) is 0 Å². The molecule has 1 aliphatic carbocycles. The lowest BCUT2D eigenvalue weighted by molar-refractivity contribution is -0.137. The summed E-state index contributed by atoms with van der Waals surface area (Å²) in [6, 6.07) is 4.61. The molecular weight excluding hydrogens is 288 g/mol. The fraction of sp³-hybridized carbons (Fsp3) is 0.462. The van der Waals surface area contributed by atoms with Crippen molar-refractivity contribution in [3.8, 4) is 0 Å². The largest absolute Gasteiger partial charge is 0.481 e. The Balaban J connectivity index is 2.42. The minimum Gasteiger partial charge on any atom is -0.481 e. The van der Waals surface area contributed by atoms with Crippen molar-refractivity contribution < 1.29 is 18.3 Å². The van der Waals surface area contributed by atoms with Crippen molar-refractivity contribution in [2.45, 2.75) is 30.1 Å². The summed E-state index contributed by atoms with van der Waals surface area (Å²) in [4.78, 5) is 11.1. The highest BCUT2D eigenvalue weighted by molar-refractivity contribution is 7.90. The average Bonchev–Trinajstić information content (AvgIpc) is 3.07. The standard InChI is InChI=1S/C13H15ClO4S/c1-19(17,18)11-5-9(4-10(14)6-11)12(7-13(15)16)8-2-3-8/h4-6,8,12H,2-3,7H2,1H3,(H,15,16). The van der Waals surface area contributed by atoms with Crippen molar-refractivity contribution in [3.05, 3.63) is 28.8 Å². The molecule has 1 fully saturated rings. The number of halogens is 1. The lowest BCUT2D eigenvalue weighted by Gasteiger charge is -2.16. The predicted molar refractivity (Wildman–Crippen MR) is 72.3 cm³/mol. The summed E-state index contributed by atoms with van der Waals surface area (Å²) in [5, 5.41) is 9.30. The minimum absolute atomic E-state index is 0.00815. The Morgan fingerprint density at radius 2 is 2.05 bits per heavy atom. The van der Waals surface area contributed by atoms with Crippen LogP contribution in [-0.4, -0.2) is 25.7 Å². The summed E-state index contributed by atoms with van der Waals surface area (Å²) in [5.74, 6) is -0.712. The van der Waals surface area contributed by atoms with Crippen LogP contribution in [-0.2, 0) is 14.6 Å². The first-order valence-corrected chi connectivity index (χ1v) is 8.26. The van der Waals surface area contributed by atoms with Crippen LogP contribution in [0.1, 0.15) is 30.7 Å². The van der Waals surface area contributed by atoms with Crippen LogP contribution in [0.25, 0.3) is 0 Å². The molecule has 4 nitrogen and oxygen atoms in total. The number of carboxylic acid groups (broad SMARTS) is 1. The normalized spacial score (nSPS) is 17.2. The first kappa shape index (κ1) is 14.3. The van der Waals surface area contributed by atoms with E-state index in [0.717, 1.165) is 19.1 Å². The molecule has 0 heterocycles. The van der Waals surface area contributed by atoms with Crippen LogP contribution in [0.3, 0.4) is 0 Å². The van der Waals surface area contributed by atoms with Gasteiger partial charge in [0, 0.05) is 11.3 Å². The molecule has 19 heavy (non-hydrogen) atoms. The molecule has 0 aromatic heterocycles. The number of carbonyl (C=O) groups is 1. The maximum atomic E-state index is 11.6. The molecule has 1 aliphatic rings. The summed E-state index contributed by atoms with van der Waals surface area (Å²) in [5.41, 5.74) is 0.706. The predicted octanol–water partition coefficient (Wildman–Crippen LogP) is 2.71. The molecule has 0 bridgehead atoms. The van der Waals surface area contributed by atoms with Gasteiger partial charge in [-0.1, -0.05) is 11.6 Å². The number of benzene rings is 1. The molecule has 0 amide bonds. The van der Waals surface area contributed by atoms with E-state index in [1.807, 2.05) is 0 Å². The highest BCUT2D eigenvalue weighted by atomic mass is 35.5. The molecule has 1 saturated carbocycles. The Morgan fingerprint density at radius 1 is 1.42 bits per heavy atom. The highest BCUT2D eigenvalue weighted by Crippen LogP contribution is 2.45. The Hall–Kier alpha value is -1.07. The molecule has 1 aromatic carbocycles. The Kier molecular flexibility index (Phi) is 3.87. The van der Waals surface area contributed by atoms with Gasteiger partial charge in [0.15, 0.2) is 9.84 Å². The molecule has 1 unspecified atom stereocenters. The number of hydrogen-bond acceptors (Lipinski definition) is 3. The number of carboxylic acids is 1. The summed E-state index contributed by atoms with van der Waals surface area (Å²) >= 11 is 5.95. The molecule has 0 aliphatic heterocycles.